The van der Waals surface area contributed by atoms with Gasteiger partial charge in [-0.3, -0.25) is 0 Å². The van der Waals surface area contributed by atoms with Gasteiger partial charge in [0, 0.05) is 5.56 Å². The summed E-state index contributed by atoms with van der Waals surface area (Å²) in [5, 5.41) is 0. The van der Waals surface area contributed by atoms with Crippen LogP contribution in [0.25, 0.3) is 11.4 Å². The van der Waals surface area contributed by atoms with Crippen LogP contribution >= 0.6 is 0 Å². The molecule has 2 rings (SSSR count). The third kappa shape index (κ3) is 2.11. The molecule has 3 nitrogen and oxygen atoms in total. The fourth-order valence-electron chi connectivity index (χ4n) is 1.59. The first kappa shape index (κ1) is 11.5. The van der Waals surface area contributed by atoms with E-state index in [2.05, 4.69) is 9.97 Å². The monoisotopic (exact) mass is 231 g/mol. The summed E-state index contributed by atoms with van der Waals surface area (Å²) in [6, 6.07) is 5.87. The van der Waals surface area contributed by atoms with E-state index >= 15 is 0 Å². The van der Waals surface area contributed by atoms with Gasteiger partial charge in [0.15, 0.2) is 17.5 Å². The van der Waals surface area contributed by atoms with Crippen LogP contribution in [0.15, 0.2) is 18.2 Å². The van der Waals surface area contributed by atoms with E-state index in [0.717, 1.165) is 11.1 Å². The zero-order valence-corrected chi connectivity index (χ0v) is 10.1. The lowest BCUT2D eigenvalue weighted by molar-refractivity contribution is 0.608. The number of nitrogens with two attached hydrogens (primary N) is 1. The van der Waals surface area contributed by atoms with Gasteiger partial charge in [0.1, 0.15) is 0 Å². The molecule has 88 valence electrons. The highest BCUT2D eigenvalue weighted by atomic mass is 19.1. The SMILES string of the molecule is Cc1ccc(-c2nc(C)c(F)c(N)n2)cc1C. The Morgan fingerprint density at radius 1 is 1.06 bits per heavy atom. The normalized spacial score (nSPS) is 10.6. The molecule has 17 heavy (non-hydrogen) atoms. The molecule has 1 heterocycles. The summed E-state index contributed by atoms with van der Waals surface area (Å²) in [7, 11) is 0. The van der Waals surface area contributed by atoms with Crippen LogP contribution in [0.1, 0.15) is 16.8 Å². The highest BCUT2D eigenvalue weighted by Gasteiger charge is 2.10. The van der Waals surface area contributed by atoms with E-state index in [1.165, 1.54) is 5.56 Å². The van der Waals surface area contributed by atoms with Crippen molar-refractivity contribution in [3.63, 3.8) is 0 Å². The minimum Gasteiger partial charge on any atom is -0.381 e. The van der Waals surface area contributed by atoms with Crippen LogP contribution in [-0.2, 0) is 0 Å². The topological polar surface area (TPSA) is 51.8 Å². The van der Waals surface area contributed by atoms with E-state index in [1.54, 1.807) is 6.92 Å². The van der Waals surface area contributed by atoms with Gasteiger partial charge < -0.3 is 5.73 Å². The maximum absolute atomic E-state index is 13.3. The maximum Gasteiger partial charge on any atom is 0.186 e. The van der Waals surface area contributed by atoms with Crippen LogP contribution in [0, 0.1) is 26.6 Å². The molecule has 4 heteroatoms. The largest absolute Gasteiger partial charge is 0.381 e. The van der Waals surface area contributed by atoms with Crippen LogP contribution in [-0.4, -0.2) is 9.97 Å². The van der Waals surface area contributed by atoms with E-state index in [9.17, 15) is 4.39 Å². The summed E-state index contributed by atoms with van der Waals surface area (Å²) in [6.45, 7) is 5.63. The minimum absolute atomic E-state index is 0.106. The van der Waals surface area contributed by atoms with E-state index in [4.69, 9.17) is 5.73 Å². The van der Waals surface area contributed by atoms with Crippen molar-refractivity contribution < 1.29 is 4.39 Å². The third-order valence-electron chi connectivity index (χ3n) is 2.81. The van der Waals surface area contributed by atoms with Gasteiger partial charge in [-0.1, -0.05) is 12.1 Å². The standard InChI is InChI=1S/C13H14FN3/c1-7-4-5-10(6-8(7)2)13-16-9(3)11(14)12(15)17-13/h4-6H,1-3H3,(H2,15,16,17). The fourth-order valence-corrected chi connectivity index (χ4v) is 1.59. The van der Waals surface area contributed by atoms with E-state index in [1.807, 2.05) is 32.0 Å². The lowest BCUT2D eigenvalue weighted by atomic mass is 10.1. The van der Waals surface area contributed by atoms with Crippen LogP contribution in [0.3, 0.4) is 0 Å². The van der Waals surface area contributed by atoms with Gasteiger partial charge in [-0.05, 0) is 38.0 Å². The molecule has 0 saturated carbocycles. The number of rotatable bonds is 1. The predicted octanol–water partition coefficient (Wildman–Crippen LogP) is 2.79. The first-order chi connectivity index (χ1) is 7.99. The van der Waals surface area contributed by atoms with Crippen molar-refractivity contribution in [1.29, 1.82) is 0 Å². The van der Waals surface area contributed by atoms with Gasteiger partial charge in [-0.15, -0.1) is 0 Å². The second kappa shape index (κ2) is 4.13. The summed E-state index contributed by atoms with van der Waals surface area (Å²) in [5.74, 6) is -0.187. The minimum atomic E-state index is -0.544. The van der Waals surface area contributed by atoms with Gasteiger partial charge in [-0.25, -0.2) is 14.4 Å². The molecule has 0 amide bonds. The van der Waals surface area contributed by atoms with Gasteiger partial charge >= 0.3 is 0 Å². The summed E-state index contributed by atoms with van der Waals surface area (Å²) < 4.78 is 13.3. The quantitative estimate of drug-likeness (QED) is 0.821. The number of hydrogen-bond donors (Lipinski definition) is 1. The van der Waals surface area contributed by atoms with E-state index in [0.29, 0.717) is 5.82 Å². The molecule has 0 unspecified atom stereocenters. The molecule has 0 spiro atoms. The molecule has 1 aromatic heterocycles. The Balaban J connectivity index is 2.57. The number of anilines is 1. The molecule has 1 aromatic carbocycles. The van der Waals surface area contributed by atoms with Crippen molar-refractivity contribution in [2.45, 2.75) is 20.8 Å². The number of halogens is 1. The Labute approximate surface area is 99.5 Å². The number of benzene rings is 1. The second-order valence-electron chi connectivity index (χ2n) is 4.13. The molecule has 0 radical (unpaired) electrons. The highest BCUT2D eigenvalue weighted by Crippen LogP contribution is 2.21. The highest BCUT2D eigenvalue weighted by molar-refractivity contribution is 5.59. The Kier molecular flexibility index (Phi) is 2.79. The van der Waals surface area contributed by atoms with Gasteiger partial charge in [0.05, 0.1) is 5.69 Å². The Bertz CT molecular complexity index is 556. The van der Waals surface area contributed by atoms with Crippen molar-refractivity contribution in [1.82, 2.24) is 9.97 Å². The number of hydrogen-bond acceptors (Lipinski definition) is 3. The molecule has 2 N–H and O–H groups in total. The Morgan fingerprint density at radius 2 is 1.76 bits per heavy atom. The number of aromatic nitrogens is 2. The van der Waals surface area contributed by atoms with Crippen molar-refractivity contribution in [2.24, 2.45) is 0 Å². The number of nitrogen functional groups attached to an aromatic ring is 1. The predicted molar refractivity (Wildman–Crippen MR) is 66.0 cm³/mol. The van der Waals surface area contributed by atoms with E-state index < -0.39 is 5.82 Å². The Hall–Kier alpha value is -1.97. The first-order valence-corrected chi connectivity index (χ1v) is 5.36. The van der Waals surface area contributed by atoms with Gasteiger partial charge in [-0.2, -0.15) is 0 Å². The van der Waals surface area contributed by atoms with Crippen LogP contribution < -0.4 is 5.73 Å². The average Bonchev–Trinajstić information content (AvgIpc) is 2.29. The molecular formula is C13H14FN3. The zero-order valence-electron chi connectivity index (χ0n) is 10.1. The average molecular weight is 231 g/mol. The summed E-state index contributed by atoms with van der Waals surface area (Å²) in [4.78, 5) is 8.07. The molecule has 2 aromatic rings. The lowest BCUT2D eigenvalue weighted by Crippen LogP contribution is -2.03. The molecule has 0 atom stereocenters. The molecule has 0 saturated heterocycles. The third-order valence-corrected chi connectivity index (χ3v) is 2.81. The molecular weight excluding hydrogens is 217 g/mol. The van der Waals surface area contributed by atoms with Crippen LogP contribution in [0.5, 0.6) is 0 Å². The lowest BCUT2D eigenvalue weighted by Gasteiger charge is -2.06. The number of aryl methyl sites for hydroxylation is 3. The number of nitrogens with zero attached hydrogens (tertiary/aromatic N) is 2. The van der Waals surface area contributed by atoms with Crippen LogP contribution in [0.2, 0.25) is 0 Å². The maximum atomic E-state index is 13.3. The summed E-state index contributed by atoms with van der Waals surface area (Å²) in [6.07, 6.45) is 0. The summed E-state index contributed by atoms with van der Waals surface area (Å²) >= 11 is 0. The fraction of sp³-hybridized carbons (Fsp3) is 0.231. The van der Waals surface area contributed by atoms with Crippen molar-refractivity contribution in [3.05, 3.63) is 40.8 Å². The zero-order chi connectivity index (χ0) is 12.6. The summed E-state index contributed by atoms with van der Waals surface area (Å²) in [5.41, 5.74) is 8.96. The smallest absolute Gasteiger partial charge is 0.186 e. The molecule has 0 bridgehead atoms. The van der Waals surface area contributed by atoms with Crippen molar-refractivity contribution >= 4 is 5.82 Å². The van der Waals surface area contributed by atoms with Crippen molar-refractivity contribution in [3.8, 4) is 11.4 Å². The van der Waals surface area contributed by atoms with E-state index in [-0.39, 0.29) is 11.5 Å². The molecule has 0 fully saturated rings. The molecule has 0 aliphatic rings. The van der Waals surface area contributed by atoms with Gasteiger partial charge in [0.2, 0.25) is 0 Å². The Morgan fingerprint density at radius 3 is 2.35 bits per heavy atom. The molecule has 0 aliphatic heterocycles. The van der Waals surface area contributed by atoms with Gasteiger partial charge in [0.25, 0.3) is 0 Å². The van der Waals surface area contributed by atoms with Crippen LogP contribution in [0.4, 0.5) is 10.2 Å². The second-order valence-corrected chi connectivity index (χ2v) is 4.13. The molecule has 0 aliphatic carbocycles. The first-order valence-electron chi connectivity index (χ1n) is 5.36. The van der Waals surface area contributed by atoms with Crippen molar-refractivity contribution in [2.75, 3.05) is 5.73 Å².